The normalized spacial score (nSPS) is 17.5. The lowest BCUT2D eigenvalue weighted by Crippen LogP contribution is -2.46. The number of ether oxygens (including phenoxy) is 1. The molecule has 0 aliphatic carbocycles. The van der Waals surface area contributed by atoms with Crippen LogP contribution in [0.15, 0.2) is 65.5 Å². The molecule has 0 radical (unpaired) electrons. The summed E-state index contributed by atoms with van der Waals surface area (Å²) in [6.45, 7) is 12.7. The molecule has 3 aromatic carbocycles. The van der Waals surface area contributed by atoms with Gasteiger partial charge >= 0.3 is 12.0 Å². The van der Waals surface area contributed by atoms with Gasteiger partial charge in [-0.15, -0.1) is 5.10 Å². The molecule has 0 amide bonds. The number of benzene rings is 3. The molecule has 14 nitrogen and oxygen atoms in total. The summed E-state index contributed by atoms with van der Waals surface area (Å²) in [5.74, 6) is -0.581. The molecular formula is C47H51N7O7. The van der Waals surface area contributed by atoms with Crippen LogP contribution in [0.4, 0.5) is 5.69 Å². The number of aromatic hydroxyl groups is 3. The number of rotatable bonds is 11. The Balaban J connectivity index is 0.819. The quantitative estimate of drug-likeness (QED) is 0.0850. The summed E-state index contributed by atoms with van der Waals surface area (Å²) >= 11 is 0. The lowest BCUT2D eigenvalue weighted by molar-refractivity contribution is -0.172. The van der Waals surface area contributed by atoms with Crippen molar-refractivity contribution in [2.24, 2.45) is 0 Å². The first-order valence-electron chi connectivity index (χ1n) is 21.3. The second kappa shape index (κ2) is 15.7. The predicted molar refractivity (Wildman–Crippen MR) is 231 cm³/mol. The van der Waals surface area contributed by atoms with E-state index in [9.17, 15) is 30.0 Å². The molecule has 61 heavy (non-hydrogen) atoms. The van der Waals surface area contributed by atoms with Crippen molar-refractivity contribution in [3.8, 4) is 46.0 Å². The Morgan fingerprint density at radius 1 is 0.852 bits per heavy atom. The fourth-order valence-corrected chi connectivity index (χ4v) is 9.40. The SMILES string of the molecule is CCc1c2c(nc3ccc(CCCCN4CCN(c5ccc(-n6c(O)nnc6-c6cc(C(C)C)c(O)cc6O)cc5)CC4)cc13)-c1cc3c(c(=O)n1C2)COC(=O)C3(O)CC. The van der Waals surface area contributed by atoms with Crippen LogP contribution in [0, 0.1) is 0 Å². The molecule has 3 aromatic heterocycles. The molecule has 3 aliphatic heterocycles. The summed E-state index contributed by atoms with van der Waals surface area (Å²) < 4.78 is 8.44. The minimum atomic E-state index is -1.85. The van der Waals surface area contributed by atoms with Crippen LogP contribution in [-0.2, 0) is 41.1 Å². The van der Waals surface area contributed by atoms with Crippen molar-refractivity contribution in [1.82, 2.24) is 29.2 Å². The molecular weight excluding hydrogens is 775 g/mol. The Morgan fingerprint density at radius 2 is 1.61 bits per heavy atom. The number of carbonyl (C=O) groups is 1. The third-order valence-corrected chi connectivity index (χ3v) is 12.9. The number of hydrogen-bond donors (Lipinski definition) is 4. The number of cyclic esters (lactones) is 1. The van der Waals surface area contributed by atoms with Crippen LogP contribution in [0.5, 0.6) is 17.5 Å². The summed E-state index contributed by atoms with van der Waals surface area (Å²) in [6.07, 6.45) is 3.97. The fraction of sp³-hybridized carbons (Fsp3) is 0.383. The average Bonchev–Trinajstić information content (AvgIpc) is 3.83. The molecule has 0 spiro atoms. The van der Waals surface area contributed by atoms with Crippen LogP contribution >= 0.6 is 0 Å². The maximum absolute atomic E-state index is 13.7. The van der Waals surface area contributed by atoms with Crippen LogP contribution in [0.3, 0.4) is 0 Å². The number of unbranched alkanes of at least 4 members (excludes halogenated alkanes) is 1. The maximum atomic E-state index is 13.7. The highest BCUT2D eigenvalue weighted by atomic mass is 16.6. The van der Waals surface area contributed by atoms with E-state index in [0.29, 0.717) is 40.2 Å². The monoisotopic (exact) mass is 825 g/mol. The molecule has 1 unspecified atom stereocenters. The number of aliphatic hydroxyl groups is 1. The van der Waals surface area contributed by atoms with Gasteiger partial charge in [0.1, 0.15) is 18.1 Å². The first-order chi connectivity index (χ1) is 29.4. The molecule has 0 bridgehead atoms. The number of aromatic nitrogens is 5. The molecule has 4 N–H and O–H groups in total. The standard InChI is InChI=1S/C47H51N7O7/c1-5-31-33-21-28(10-15-38(33)48-42-35(31)25-53-39(42)23-37-36(44(53)57)26-61-45(58)47(37,60)6-2)9-7-8-16-51-17-19-52(20-18-51)29-11-13-30(14-12-29)54-43(49-50-46(54)59)34-22-32(27(3)4)40(55)24-41(34)56/h10-15,21-24,27,55-56,60H,5-9,16-20,25-26H2,1-4H3,(H,50,59). The Hall–Kier alpha value is -6.25. The third-order valence-electron chi connectivity index (χ3n) is 12.9. The van der Waals surface area contributed by atoms with Gasteiger partial charge in [0.05, 0.1) is 40.3 Å². The molecule has 0 saturated carbocycles. The number of piperazine rings is 1. The fourth-order valence-electron chi connectivity index (χ4n) is 9.40. The number of esters is 1. The van der Waals surface area contributed by atoms with Gasteiger partial charge in [-0.05, 0) is 110 Å². The average molecular weight is 826 g/mol. The topological polar surface area (TPSA) is 179 Å². The molecule has 6 heterocycles. The number of pyridine rings is 2. The van der Waals surface area contributed by atoms with Gasteiger partial charge in [-0.2, -0.15) is 0 Å². The summed E-state index contributed by atoms with van der Waals surface area (Å²) in [6, 6.07) is 18.8. The summed E-state index contributed by atoms with van der Waals surface area (Å²) in [5.41, 5.74) is 7.01. The second-order valence-electron chi connectivity index (χ2n) is 16.8. The van der Waals surface area contributed by atoms with E-state index < -0.39 is 11.6 Å². The molecule has 1 saturated heterocycles. The highest BCUT2D eigenvalue weighted by Crippen LogP contribution is 2.42. The maximum Gasteiger partial charge on any atom is 0.343 e. The van der Waals surface area contributed by atoms with Crippen LogP contribution in [0.1, 0.15) is 86.3 Å². The number of nitrogens with zero attached hydrogens (tertiary/aromatic N) is 7. The number of anilines is 1. The molecule has 3 aliphatic rings. The molecule has 9 rings (SSSR count). The first kappa shape index (κ1) is 40.2. The zero-order chi connectivity index (χ0) is 42.7. The van der Waals surface area contributed by atoms with E-state index in [1.807, 2.05) is 38.1 Å². The van der Waals surface area contributed by atoms with E-state index in [0.717, 1.165) is 86.3 Å². The van der Waals surface area contributed by atoms with E-state index in [1.165, 1.54) is 21.8 Å². The highest BCUT2D eigenvalue weighted by molar-refractivity contribution is 5.89. The lowest BCUT2D eigenvalue weighted by atomic mass is 9.86. The zero-order valence-electron chi connectivity index (χ0n) is 35.0. The van der Waals surface area contributed by atoms with Crippen molar-refractivity contribution in [3.63, 3.8) is 0 Å². The minimum absolute atomic E-state index is 0.00401. The predicted octanol–water partition coefficient (Wildman–Crippen LogP) is 6.27. The molecule has 1 fully saturated rings. The first-order valence-corrected chi connectivity index (χ1v) is 21.3. The molecule has 316 valence electrons. The Bertz CT molecular complexity index is 2750. The molecule has 1 atom stereocenters. The summed E-state index contributed by atoms with van der Waals surface area (Å²) in [7, 11) is 0. The van der Waals surface area contributed by atoms with E-state index in [-0.39, 0.29) is 47.8 Å². The van der Waals surface area contributed by atoms with Gasteiger partial charge in [0.15, 0.2) is 11.4 Å². The Morgan fingerprint density at radius 3 is 2.33 bits per heavy atom. The minimum Gasteiger partial charge on any atom is -0.508 e. The van der Waals surface area contributed by atoms with E-state index in [4.69, 9.17) is 9.72 Å². The van der Waals surface area contributed by atoms with Crippen LogP contribution in [0.25, 0.3) is 39.4 Å². The van der Waals surface area contributed by atoms with Gasteiger partial charge in [0.25, 0.3) is 5.56 Å². The van der Waals surface area contributed by atoms with E-state index in [2.05, 4.69) is 45.1 Å². The van der Waals surface area contributed by atoms with Gasteiger partial charge in [-0.3, -0.25) is 9.69 Å². The zero-order valence-corrected chi connectivity index (χ0v) is 35.0. The number of fused-ring (bicyclic) bond motifs is 5. The van der Waals surface area contributed by atoms with E-state index >= 15 is 0 Å². The molecule has 6 aromatic rings. The lowest BCUT2D eigenvalue weighted by Gasteiger charge is -2.36. The molecule has 14 heteroatoms. The van der Waals surface area contributed by atoms with Crippen molar-refractivity contribution in [2.45, 2.75) is 84.5 Å². The summed E-state index contributed by atoms with van der Waals surface area (Å²) in [5, 5.41) is 52.1. The van der Waals surface area contributed by atoms with Gasteiger partial charge in [-0.1, -0.05) is 38.9 Å². The highest BCUT2D eigenvalue weighted by Gasteiger charge is 2.45. The number of phenolic OH excluding ortho intramolecular Hbond substituents is 2. The Labute approximate surface area is 353 Å². The van der Waals surface area contributed by atoms with Gasteiger partial charge in [0.2, 0.25) is 0 Å². The number of aryl methyl sites for hydroxylation is 2. The van der Waals surface area contributed by atoms with Gasteiger partial charge in [0, 0.05) is 54.4 Å². The smallest absolute Gasteiger partial charge is 0.343 e. The van der Waals surface area contributed by atoms with Crippen molar-refractivity contribution >= 4 is 22.6 Å². The number of hydrogen-bond acceptors (Lipinski definition) is 12. The second-order valence-corrected chi connectivity index (χ2v) is 16.8. The van der Waals surface area contributed by atoms with Crippen molar-refractivity contribution in [3.05, 3.63) is 104 Å². The van der Waals surface area contributed by atoms with Crippen molar-refractivity contribution in [1.29, 1.82) is 0 Å². The number of phenols is 2. The van der Waals surface area contributed by atoms with Crippen LogP contribution in [-0.4, -0.2) is 88.3 Å². The number of carbonyl (C=O) groups excluding carboxylic acids is 1. The van der Waals surface area contributed by atoms with E-state index in [1.54, 1.807) is 23.6 Å². The van der Waals surface area contributed by atoms with Crippen LogP contribution < -0.4 is 10.5 Å². The third kappa shape index (κ3) is 6.87. The van der Waals surface area contributed by atoms with Gasteiger partial charge in [-0.25, -0.2) is 14.3 Å². The van der Waals surface area contributed by atoms with Crippen molar-refractivity contribution in [2.75, 3.05) is 37.6 Å². The van der Waals surface area contributed by atoms with Crippen molar-refractivity contribution < 1.29 is 30.0 Å². The largest absolute Gasteiger partial charge is 0.508 e. The van der Waals surface area contributed by atoms with Crippen LogP contribution in [0.2, 0.25) is 0 Å². The van der Waals surface area contributed by atoms with Gasteiger partial charge < -0.3 is 34.6 Å². The Kier molecular flexibility index (Phi) is 10.3. The summed E-state index contributed by atoms with van der Waals surface area (Å²) in [4.78, 5) is 36.3.